The third-order valence-electron chi connectivity index (χ3n) is 1.88. The van der Waals surface area contributed by atoms with Crippen molar-refractivity contribution in [1.29, 1.82) is 0 Å². The molecule has 0 aliphatic carbocycles. The van der Waals surface area contributed by atoms with Crippen molar-refractivity contribution in [3.8, 4) is 0 Å². The minimum atomic E-state index is 0.729. The van der Waals surface area contributed by atoms with E-state index in [-0.39, 0.29) is 0 Å². The van der Waals surface area contributed by atoms with Gasteiger partial charge in [0.05, 0.1) is 5.02 Å². The topological polar surface area (TPSA) is 24.1 Å². The quantitative estimate of drug-likeness (QED) is 0.468. The first-order chi connectivity index (χ1) is 5.04. The van der Waals surface area contributed by atoms with E-state index in [1.807, 2.05) is 20.8 Å². The fourth-order valence-corrected chi connectivity index (χ4v) is 1.15. The van der Waals surface area contributed by atoms with Crippen molar-refractivity contribution in [2.24, 2.45) is 0 Å². The van der Waals surface area contributed by atoms with Crippen LogP contribution in [0.4, 0.5) is 0 Å². The summed E-state index contributed by atoms with van der Waals surface area (Å²) in [5, 5.41) is 9.99. The van der Waals surface area contributed by atoms with Gasteiger partial charge in [-0.3, -0.25) is 5.21 Å². The van der Waals surface area contributed by atoms with Crippen LogP contribution in [0.15, 0.2) is 6.20 Å². The summed E-state index contributed by atoms with van der Waals surface area (Å²) in [6.45, 7) is 5.57. The van der Waals surface area contributed by atoms with E-state index < -0.39 is 0 Å². The van der Waals surface area contributed by atoms with Crippen LogP contribution in [-0.4, -0.2) is 5.21 Å². The van der Waals surface area contributed by atoms with Gasteiger partial charge in [-0.15, -0.1) is 0 Å². The SMILES string of the molecule is Cc1c[n+](O)c(C)c(C)c1Cl. The molecule has 3 heteroatoms. The summed E-state index contributed by atoms with van der Waals surface area (Å²) in [4.78, 5) is 0. The molecule has 0 spiro atoms. The Balaban J connectivity index is 3.46. The number of rotatable bonds is 0. The van der Waals surface area contributed by atoms with Crippen LogP contribution in [0.2, 0.25) is 5.02 Å². The van der Waals surface area contributed by atoms with Crippen LogP contribution in [0.3, 0.4) is 0 Å². The van der Waals surface area contributed by atoms with Crippen molar-refractivity contribution < 1.29 is 9.94 Å². The molecular formula is C8H11ClNO+. The van der Waals surface area contributed by atoms with Crippen LogP contribution in [-0.2, 0) is 0 Å². The van der Waals surface area contributed by atoms with Crippen molar-refractivity contribution in [3.63, 3.8) is 0 Å². The smallest absolute Gasteiger partial charge is 0.235 e. The molecule has 0 unspecified atom stereocenters. The Kier molecular flexibility index (Phi) is 2.05. The van der Waals surface area contributed by atoms with Gasteiger partial charge < -0.3 is 0 Å². The summed E-state index contributed by atoms with van der Waals surface area (Å²) in [5.41, 5.74) is 2.59. The summed E-state index contributed by atoms with van der Waals surface area (Å²) < 4.78 is 1.09. The summed E-state index contributed by atoms with van der Waals surface area (Å²) in [7, 11) is 0. The summed E-state index contributed by atoms with van der Waals surface area (Å²) in [5.74, 6) is 0. The molecule has 0 saturated carbocycles. The Bertz CT molecular complexity index is 270. The van der Waals surface area contributed by atoms with Crippen LogP contribution in [0, 0.1) is 20.8 Å². The molecule has 0 radical (unpaired) electrons. The van der Waals surface area contributed by atoms with Gasteiger partial charge in [-0.2, -0.15) is 0 Å². The molecule has 0 saturated heterocycles. The lowest BCUT2D eigenvalue weighted by Gasteiger charge is -2.00. The third-order valence-corrected chi connectivity index (χ3v) is 2.46. The lowest BCUT2D eigenvalue weighted by Crippen LogP contribution is -2.34. The van der Waals surface area contributed by atoms with Gasteiger partial charge in [0.2, 0.25) is 11.9 Å². The predicted octanol–water partition coefficient (Wildman–Crippen LogP) is 1.79. The van der Waals surface area contributed by atoms with Crippen molar-refractivity contribution in [2.75, 3.05) is 0 Å². The van der Waals surface area contributed by atoms with E-state index in [2.05, 4.69) is 0 Å². The highest BCUT2D eigenvalue weighted by atomic mass is 35.5. The number of nitrogens with zero attached hydrogens (tertiary/aromatic N) is 1. The number of aryl methyl sites for hydroxylation is 1. The van der Waals surface area contributed by atoms with Gasteiger partial charge in [0.1, 0.15) is 0 Å². The summed E-state index contributed by atoms with van der Waals surface area (Å²) in [6, 6.07) is 0. The Morgan fingerprint density at radius 3 is 2.45 bits per heavy atom. The number of hydrogen-bond acceptors (Lipinski definition) is 1. The average Bonchev–Trinajstić information content (AvgIpc) is 1.97. The number of aromatic nitrogens is 1. The Labute approximate surface area is 71.0 Å². The summed E-state index contributed by atoms with van der Waals surface area (Å²) in [6.07, 6.45) is 1.60. The molecule has 1 heterocycles. The maximum absolute atomic E-state index is 9.26. The van der Waals surface area contributed by atoms with Gasteiger partial charge in [0, 0.05) is 22.8 Å². The molecule has 1 aromatic rings. The van der Waals surface area contributed by atoms with E-state index in [1.165, 1.54) is 0 Å². The zero-order valence-corrected chi connectivity index (χ0v) is 7.61. The Morgan fingerprint density at radius 1 is 1.36 bits per heavy atom. The highest BCUT2D eigenvalue weighted by molar-refractivity contribution is 6.32. The molecule has 0 aromatic carbocycles. The first-order valence-corrected chi connectivity index (χ1v) is 3.79. The van der Waals surface area contributed by atoms with Crippen LogP contribution < -0.4 is 4.73 Å². The minimum absolute atomic E-state index is 0.729. The second-order valence-electron chi connectivity index (χ2n) is 2.68. The van der Waals surface area contributed by atoms with Gasteiger partial charge in [0.25, 0.3) is 0 Å². The Hall–Kier alpha value is -0.760. The Morgan fingerprint density at radius 2 is 1.91 bits per heavy atom. The normalized spacial score (nSPS) is 10.2. The van der Waals surface area contributed by atoms with Gasteiger partial charge in [-0.25, -0.2) is 0 Å². The standard InChI is InChI=1S/C8H11ClNO/c1-5-4-10(11)7(3)6(2)8(5)9/h4,11H,1-3H3/q+1. The number of hydrogen-bond donors (Lipinski definition) is 1. The van der Waals surface area contributed by atoms with Gasteiger partial charge >= 0.3 is 0 Å². The average molecular weight is 173 g/mol. The summed E-state index contributed by atoms with van der Waals surface area (Å²) >= 11 is 5.93. The fourth-order valence-electron chi connectivity index (χ4n) is 0.963. The van der Waals surface area contributed by atoms with Crippen molar-refractivity contribution in [2.45, 2.75) is 20.8 Å². The molecular weight excluding hydrogens is 162 g/mol. The van der Waals surface area contributed by atoms with Gasteiger partial charge in [-0.05, 0) is 13.8 Å². The molecule has 0 amide bonds. The van der Waals surface area contributed by atoms with E-state index in [4.69, 9.17) is 11.6 Å². The predicted molar refractivity (Wildman–Crippen MR) is 43.0 cm³/mol. The second-order valence-corrected chi connectivity index (χ2v) is 3.06. The lowest BCUT2D eigenvalue weighted by molar-refractivity contribution is -0.909. The maximum Gasteiger partial charge on any atom is 0.235 e. The first-order valence-electron chi connectivity index (χ1n) is 3.41. The monoisotopic (exact) mass is 172 g/mol. The maximum atomic E-state index is 9.26. The molecule has 0 atom stereocenters. The van der Waals surface area contributed by atoms with Crippen molar-refractivity contribution in [3.05, 3.63) is 28.0 Å². The second kappa shape index (κ2) is 2.70. The lowest BCUT2D eigenvalue weighted by atomic mass is 10.2. The fraction of sp³-hybridized carbons (Fsp3) is 0.375. The zero-order chi connectivity index (χ0) is 8.59. The number of pyridine rings is 1. The molecule has 1 aromatic heterocycles. The van der Waals surface area contributed by atoms with Crippen molar-refractivity contribution in [1.82, 2.24) is 0 Å². The van der Waals surface area contributed by atoms with Crippen LogP contribution in [0.1, 0.15) is 16.8 Å². The molecule has 11 heavy (non-hydrogen) atoms. The van der Waals surface area contributed by atoms with E-state index in [0.29, 0.717) is 0 Å². The highest BCUT2D eigenvalue weighted by Crippen LogP contribution is 2.19. The molecule has 0 fully saturated rings. The van der Waals surface area contributed by atoms with E-state index in [9.17, 15) is 5.21 Å². The minimum Gasteiger partial charge on any atom is -0.285 e. The molecule has 0 aliphatic rings. The van der Waals surface area contributed by atoms with Gasteiger partial charge in [-0.1, -0.05) is 11.6 Å². The third kappa shape index (κ3) is 1.31. The zero-order valence-electron chi connectivity index (χ0n) is 6.85. The molecule has 2 nitrogen and oxygen atoms in total. The molecule has 0 bridgehead atoms. The van der Waals surface area contributed by atoms with Crippen LogP contribution >= 0.6 is 11.6 Å². The van der Waals surface area contributed by atoms with E-state index >= 15 is 0 Å². The van der Waals surface area contributed by atoms with Crippen molar-refractivity contribution >= 4 is 11.6 Å². The largest absolute Gasteiger partial charge is 0.285 e. The first kappa shape index (κ1) is 8.34. The molecule has 60 valence electrons. The number of halogens is 1. The van der Waals surface area contributed by atoms with E-state index in [1.54, 1.807) is 6.20 Å². The van der Waals surface area contributed by atoms with Crippen LogP contribution in [0.25, 0.3) is 0 Å². The molecule has 1 rings (SSSR count). The molecule has 0 aliphatic heterocycles. The molecule has 1 N–H and O–H groups in total. The van der Waals surface area contributed by atoms with Gasteiger partial charge in [0.15, 0.2) is 0 Å². The van der Waals surface area contributed by atoms with Crippen LogP contribution in [0.5, 0.6) is 0 Å². The van der Waals surface area contributed by atoms with E-state index in [0.717, 1.165) is 26.6 Å². The highest BCUT2D eigenvalue weighted by Gasteiger charge is 2.13.